The lowest BCUT2D eigenvalue weighted by molar-refractivity contribution is -0.124. The molecule has 2 aliphatic rings. The maximum atomic E-state index is 12.4. The second-order valence-electron chi connectivity index (χ2n) is 5.11. The zero-order valence-corrected chi connectivity index (χ0v) is 11.4. The molecule has 0 saturated heterocycles. The molecule has 3 nitrogen and oxygen atoms in total. The van der Waals surface area contributed by atoms with E-state index in [-0.39, 0.29) is 11.3 Å². The Morgan fingerprint density at radius 2 is 1.67 bits per heavy atom. The SMILES string of the molecule is O=C1Nc2cc(Cl)c(Cl)cc2NCC12CCCC2. The lowest BCUT2D eigenvalue weighted by Crippen LogP contribution is -2.37. The number of nitrogens with one attached hydrogen (secondary N) is 2. The maximum absolute atomic E-state index is 12.4. The predicted molar refractivity (Wildman–Crippen MR) is 74.5 cm³/mol. The first-order chi connectivity index (χ1) is 8.61. The van der Waals surface area contributed by atoms with Gasteiger partial charge >= 0.3 is 0 Å². The van der Waals surface area contributed by atoms with Gasteiger partial charge in [-0.05, 0) is 25.0 Å². The summed E-state index contributed by atoms with van der Waals surface area (Å²) in [6.45, 7) is 0.670. The van der Waals surface area contributed by atoms with Crippen molar-refractivity contribution >= 4 is 40.5 Å². The molecule has 1 aliphatic carbocycles. The smallest absolute Gasteiger partial charge is 0.232 e. The summed E-state index contributed by atoms with van der Waals surface area (Å²) in [4.78, 5) is 12.4. The minimum atomic E-state index is -0.266. The van der Waals surface area contributed by atoms with Gasteiger partial charge in [-0.15, -0.1) is 0 Å². The first kappa shape index (κ1) is 12.1. The van der Waals surface area contributed by atoms with Crippen LogP contribution in [-0.4, -0.2) is 12.5 Å². The number of hydrogen-bond donors (Lipinski definition) is 2. The fourth-order valence-corrected chi connectivity index (χ4v) is 3.18. The maximum Gasteiger partial charge on any atom is 0.232 e. The first-order valence-corrected chi connectivity index (χ1v) is 6.91. The van der Waals surface area contributed by atoms with Crippen LogP contribution in [0.2, 0.25) is 10.0 Å². The standard InChI is InChI=1S/C13H14Cl2N2O/c14-8-5-10-11(6-9(8)15)17-12(18)13(7-16-10)3-1-2-4-13/h5-6,16H,1-4,7H2,(H,17,18). The van der Waals surface area contributed by atoms with Crippen molar-refractivity contribution in [1.82, 2.24) is 0 Å². The van der Waals surface area contributed by atoms with Gasteiger partial charge in [0, 0.05) is 6.54 Å². The average Bonchev–Trinajstić information content (AvgIpc) is 2.77. The topological polar surface area (TPSA) is 41.1 Å². The highest BCUT2D eigenvalue weighted by Gasteiger charge is 2.42. The predicted octanol–water partition coefficient (Wildman–Crippen LogP) is 3.92. The molecule has 3 rings (SSSR count). The van der Waals surface area contributed by atoms with Gasteiger partial charge in [-0.25, -0.2) is 0 Å². The van der Waals surface area contributed by atoms with Gasteiger partial charge in [0.1, 0.15) is 0 Å². The number of amides is 1. The minimum absolute atomic E-state index is 0.102. The largest absolute Gasteiger partial charge is 0.382 e. The zero-order chi connectivity index (χ0) is 12.8. The summed E-state index contributed by atoms with van der Waals surface area (Å²) in [7, 11) is 0. The van der Waals surface area contributed by atoms with Crippen molar-refractivity contribution in [3.05, 3.63) is 22.2 Å². The van der Waals surface area contributed by atoms with Crippen LogP contribution in [0.1, 0.15) is 25.7 Å². The summed E-state index contributed by atoms with van der Waals surface area (Å²) >= 11 is 12.0. The highest BCUT2D eigenvalue weighted by molar-refractivity contribution is 6.42. The molecule has 0 bridgehead atoms. The Balaban J connectivity index is 1.98. The van der Waals surface area contributed by atoms with Gasteiger partial charge in [0.15, 0.2) is 0 Å². The molecule has 1 aromatic carbocycles. The number of fused-ring (bicyclic) bond motifs is 1. The molecule has 1 aromatic rings. The van der Waals surface area contributed by atoms with Crippen molar-refractivity contribution in [2.45, 2.75) is 25.7 Å². The molecule has 1 amide bonds. The second kappa shape index (κ2) is 4.32. The molecular weight excluding hydrogens is 271 g/mol. The van der Waals surface area contributed by atoms with E-state index in [4.69, 9.17) is 23.2 Å². The molecule has 1 spiro atoms. The Morgan fingerprint density at radius 1 is 1.06 bits per heavy atom. The highest BCUT2D eigenvalue weighted by Crippen LogP contribution is 2.43. The minimum Gasteiger partial charge on any atom is -0.382 e. The van der Waals surface area contributed by atoms with Crippen LogP contribution in [0.25, 0.3) is 0 Å². The van der Waals surface area contributed by atoms with Crippen LogP contribution in [0.3, 0.4) is 0 Å². The van der Waals surface area contributed by atoms with Crippen LogP contribution >= 0.6 is 23.2 Å². The molecule has 0 radical (unpaired) electrons. The van der Waals surface area contributed by atoms with E-state index >= 15 is 0 Å². The van der Waals surface area contributed by atoms with E-state index in [1.807, 2.05) is 0 Å². The molecule has 0 unspecified atom stereocenters. The fraction of sp³-hybridized carbons (Fsp3) is 0.462. The van der Waals surface area contributed by atoms with Crippen LogP contribution in [0.5, 0.6) is 0 Å². The lowest BCUT2D eigenvalue weighted by Gasteiger charge is -2.24. The van der Waals surface area contributed by atoms with Crippen LogP contribution in [-0.2, 0) is 4.79 Å². The van der Waals surface area contributed by atoms with Crippen molar-refractivity contribution in [2.24, 2.45) is 5.41 Å². The van der Waals surface area contributed by atoms with Crippen molar-refractivity contribution in [2.75, 3.05) is 17.2 Å². The molecule has 0 atom stereocenters. The summed E-state index contributed by atoms with van der Waals surface area (Å²) in [6.07, 6.45) is 4.13. The highest BCUT2D eigenvalue weighted by atomic mass is 35.5. The monoisotopic (exact) mass is 284 g/mol. The number of rotatable bonds is 0. The number of halogens is 2. The van der Waals surface area contributed by atoms with Gasteiger partial charge in [0.25, 0.3) is 0 Å². The number of carbonyl (C=O) groups is 1. The Bertz CT molecular complexity index is 510. The third-order valence-corrected chi connectivity index (χ3v) is 4.69. The summed E-state index contributed by atoms with van der Waals surface area (Å²) in [5, 5.41) is 7.27. The van der Waals surface area contributed by atoms with E-state index in [1.165, 1.54) is 0 Å². The van der Waals surface area contributed by atoms with Crippen molar-refractivity contribution in [1.29, 1.82) is 0 Å². The summed E-state index contributed by atoms with van der Waals surface area (Å²) in [5.41, 5.74) is 1.30. The summed E-state index contributed by atoms with van der Waals surface area (Å²) < 4.78 is 0. The van der Waals surface area contributed by atoms with Crippen molar-refractivity contribution < 1.29 is 4.79 Å². The van der Waals surface area contributed by atoms with Crippen LogP contribution in [0.4, 0.5) is 11.4 Å². The number of hydrogen-bond acceptors (Lipinski definition) is 2. The number of benzene rings is 1. The van der Waals surface area contributed by atoms with Crippen molar-refractivity contribution in [3.63, 3.8) is 0 Å². The molecule has 5 heteroatoms. The van der Waals surface area contributed by atoms with E-state index < -0.39 is 0 Å². The first-order valence-electron chi connectivity index (χ1n) is 6.15. The zero-order valence-electron chi connectivity index (χ0n) is 9.85. The molecule has 0 aromatic heterocycles. The number of anilines is 2. The van der Waals surface area contributed by atoms with Crippen LogP contribution in [0, 0.1) is 5.41 Å². The van der Waals surface area contributed by atoms with E-state index in [9.17, 15) is 4.79 Å². The van der Waals surface area contributed by atoms with E-state index in [1.54, 1.807) is 12.1 Å². The second-order valence-corrected chi connectivity index (χ2v) is 5.92. The van der Waals surface area contributed by atoms with Crippen LogP contribution in [0.15, 0.2) is 12.1 Å². The van der Waals surface area contributed by atoms with Gasteiger partial charge in [0.2, 0.25) is 5.91 Å². The van der Waals surface area contributed by atoms with Crippen LogP contribution < -0.4 is 10.6 Å². The average molecular weight is 285 g/mol. The number of carbonyl (C=O) groups excluding carboxylic acids is 1. The Kier molecular flexibility index (Phi) is 2.91. The van der Waals surface area contributed by atoms with Gasteiger partial charge in [-0.1, -0.05) is 36.0 Å². The third kappa shape index (κ3) is 1.86. The molecule has 1 fully saturated rings. The molecule has 2 N–H and O–H groups in total. The van der Waals surface area contributed by atoms with Gasteiger partial charge in [-0.2, -0.15) is 0 Å². The Hall–Kier alpha value is -0.930. The Morgan fingerprint density at radius 3 is 2.33 bits per heavy atom. The third-order valence-electron chi connectivity index (χ3n) is 3.97. The molecule has 1 aliphatic heterocycles. The Labute approximate surface area is 116 Å². The molecule has 18 heavy (non-hydrogen) atoms. The summed E-state index contributed by atoms with van der Waals surface area (Å²) in [5.74, 6) is 0.102. The van der Waals surface area contributed by atoms with E-state index in [2.05, 4.69) is 10.6 Å². The van der Waals surface area contributed by atoms with Gasteiger partial charge in [0.05, 0.1) is 26.8 Å². The fourth-order valence-electron chi connectivity index (χ4n) is 2.85. The van der Waals surface area contributed by atoms with Gasteiger partial charge in [-0.3, -0.25) is 4.79 Å². The lowest BCUT2D eigenvalue weighted by atomic mass is 9.85. The molecule has 1 saturated carbocycles. The summed E-state index contributed by atoms with van der Waals surface area (Å²) in [6, 6.07) is 3.48. The quantitative estimate of drug-likeness (QED) is 0.758. The van der Waals surface area contributed by atoms with E-state index in [0.717, 1.165) is 37.1 Å². The van der Waals surface area contributed by atoms with E-state index in [0.29, 0.717) is 16.6 Å². The molecule has 1 heterocycles. The van der Waals surface area contributed by atoms with Crippen molar-refractivity contribution in [3.8, 4) is 0 Å². The normalized spacial score (nSPS) is 21.1. The van der Waals surface area contributed by atoms with Gasteiger partial charge < -0.3 is 10.6 Å². The molecular formula is C13H14Cl2N2O. The molecule has 96 valence electrons.